The lowest BCUT2D eigenvalue weighted by Crippen LogP contribution is -2.16. The molecule has 0 aromatic heterocycles. The Hall–Kier alpha value is -1.70. The highest BCUT2D eigenvalue weighted by atomic mass is 31.1. The third-order valence-corrected chi connectivity index (χ3v) is 6.08. The number of carbonyl (C=O) groups is 1. The molecular formula is C24H33O3P. The summed E-state index contributed by atoms with van der Waals surface area (Å²) in [7, 11) is 0.0977. The second-order valence-electron chi connectivity index (χ2n) is 8.31. The zero-order valence-electron chi connectivity index (χ0n) is 18.4. The van der Waals surface area contributed by atoms with Crippen molar-refractivity contribution in [1.29, 1.82) is 0 Å². The quantitative estimate of drug-likeness (QED) is 0.434. The second kappa shape index (κ2) is 9.20. The van der Waals surface area contributed by atoms with E-state index in [4.69, 9.17) is 9.47 Å². The van der Waals surface area contributed by atoms with E-state index in [2.05, 4.69) is 32.9 Å². The van der Waals surface area contributed by atoms with E-state index in [-0.39, 0.29) is 25.8 Å². The van der Waals surface area contributed by atoms with E-state index in [1.807, 2.05) is 52.8 Å². The molecule has 0 aliphatic carbocycles. The van der Waals surface area contributed by atoms with Gasteiger partial charge in [0.25, 0.3) is 0 Å². The summed E-state index contributed by atoms with van der Waals surface area (Å²) in [6.45, 7) is 17.1. The lowest BCUT2D eigenvalue weighted by molar-refractivity contribution is -0.0613. The molecule has 3 nitrogen and oxygen atoms in total. The lowest BCUT2D eigenvalue weighted by Gasteiger charge is -2.22. The fraction of sp³-hybridized carbons (Fsp3) is 0.458. The average molecular weight is 400 g/mol. The summed E-state index contributed by atoms with van der Waals surface area (Å²) in [5.74, 6) is 0.765. The van der Waals surface area contributed by atoms with Crippen LogP contribution in [-0.4, -0.2) is 18.4 Å². The minimum atomic E-state index is -0.286. The number of carbonyl (C=O) groups excluding carboxylic acids is 1. The molecule has 2 unspecified atom stereocenters. The molecule has 0 spiro atoms. The van der Waals surface area contributed by atoms with Gasteiger partial charge in [-0.2, -0.15) is 0 Å². The first-order chi connectivity index (χ1) is 13.0. The molecule has 2 atom stereocenters. The van der Waals surface area contributed by atoms with Crippen LogP contribution in [0.1, 0.15) is 67.2 Å². The van der Waals surface area contributed by atoms with E-state index in [1.165, 1.54) is 5.56 Å². The first kappa shape index (κ1) is 22.6. The van der Waals surface area contributed by atoms with Crippen molar-refractivity contribution >= 4 is 19.4 Å². The molecule has 28 heavy (non-hydrogen) atoms. The Kier molecular flexibility index (Phi) is 7.42. The molecule has 0 fully saturated rings. The van der Waals surface area contributed by atoms with Gasteiger partial charge in [-0.1, -0.05) is 39.0 Å². The zero-order chi connectivity index (χ0) is 21.1. The van der Waals surface area contributed by atoms with Crippen LogP contribution in [0, 0.1) is 20.8 Å². The molecule has 0 saturated carbocycles. The maximum Gasteiger partial charge on any atom is 0.196 e. The van der Waals surface area contributed by atoms with Crippen LogP contribution in [0.15, 0.2) is 30.3 Å². The molecule has 0 aliphatic rings. The van der Waals surface area contributed by atoms with Crippen molar-refractivity contribution in [2.24, 2.45) is 0 Å². The fourth-order valence-corrected chi connectivity index (χ4v) is 4.45. The summed E-state index contributed by atoms with van der Waals surface area (Å²) in [4.78, 5) is 13.1. The van der Waals surface area contributed by atoms with Crippen molar-refractivity contribution < 1.29 is 14.3 Å². The summed E-state index contributed by atoms with van der Waals surface area (Å²) in [5, 5.41) is 1.06. The predicted octanol–water partition coefficient (Wildman–Crippen LogP) is 5.81. The van der Waals surface area contributed by atoms with Gasteiger partial charge in [-0.15, -0.1) is 0 Å². The molecule has 0 bridgehead atoms. The highest BCUT2D eigenvalue weighted by Gasteiger charge is 2.20. The van der Waals surface area contributed by atoms with Crippen LogP contribution < -0.4 is 10.0 Å². The summed E-state index contributed by atoms with van der Waals surface area (Å²) in [6.07, 6.45) is -0.286. The number of benzene rings is 2. The molecule has 0 heterocycles. The van der Waals surface area contributed by atoms with Gasteiger partial charge in [0.1, 0.15) is 5.75 Å². The fourth-order valence-electron chi connectivity index (χ4n) is 3.25. The van der Waals surface area contributed by atoms with Gasteiger partial charge in [-0.05, 0) is 88.3 Å². The van der Waals surface area contributed by atoms with Gasteiger partial charge < -0.3 is 9.47 Å². The minimum Gasteiger partial charge on any atom is -0.465 e. The van der Waals surface area contributed by atoms with Crippen LogP contribution in [-0.2, 0) is 10.2 Å². The van der Waals surface area contributed by atoms with E-state index in [9.17, 15) is 4.79 Å². The second-order valence-corrected chi connectivity index (χ2v) is 9.55. The van der Waals surface area contributed by atoms with Crippen LogP contribution in [0.5, 0.6) is 5.75 Å². The molecule has 0 saturated heterocycles. The molecular weight excluding hydrogens is 367 g/mol. The number of rotatable bonds is 7. The van der Waals surface area contributed by atoms with E-state index in [1.54, 1.807) is 0 Å². The van der Waals surface area contributed by atoms with Crippen molar-refractivity contribution in [2.75, 3.05) is 6.61 Å². The van der Waals surface area contributed by atoms with E-state index in [0.29, 0.717) is 6.61 Å². The Morgan fingerprint density at radius 3 is 2.14 bits per heavy atom. The molecule has 2 aromatic carbocycles. The maximum atomic E-state index is 13.1. The smallest absolute Gasteiger partial charge is 0.196 e. The predicted molar refractivity (Wildman–Crippen MR) is 120 cm³/mol. The van der Waals surface area contributed by atoms with Crippen molar-refractivity contribution in [3.63, 3.8) is 0 Å². The molecule has 2 rings (SSSR count). The molecule has 152 valence electrons. The monoisotopic (exact) mass is 400 g/mol. The van der Waals surface area contributed by atoms with Crippen molar-refractivity contribution in [3.8, 4) is 5.75 Å². The normalized spacial score (nSPS) is 13.1. The van der Waals surface area contributed by atoms with Crippen molar-refractivity contribution in [3.05, 3.63) is 58.1 Å². The summed E-state index contributed by atoms with van der Waals surface area (Å²) in [6, 6.07) is 10.2. The molecule has 0 amide bonds. The zero-order valence-corrected chi connectivity index (χ0v) is 19.4. The number of hydrogen-bond acceptors (Lipinski definition) is 3. The number of hydrogen-bond donors (Lipinski definition) is 0. The SMILES string of the molecule is CCOC(C)Oc1ccc(PC(=O)c2c(C)cc(C(C)(C)C)cc2C)c(C)c1. The van der Waals surface area contributed by atoms with Crippen molar-refractivity contribution in [2.45, 2.75) is 67.1 Å². The van der Waals surface area contributed by atoms with Crippen LogP contribution >= 0.6 is 8.58 Å². The molecule has 2 aromatic rings. The Morgan fingerprint density at radius 1 is 1.04 bits per heavy atom. The minimum absolute atomic E-state index is 0.0738. The van der Waals surface area contributed by atoms with Gasteiger partial charge in [0.15, 0.2) is 11.8 Å². The summed E-state index contributed by atoms with van der Waals surface area (Å²) < 4.78 is 11.2. The average Bonchev–Trinajstić information content (AvgIpc) is 2.56. The van der Waals surface area contributed by atoms with Crippen molar-refractivity contribution in [1.82, 2.24) is 0 Å². The van der Waals surface area contributed by atoms with E-state index < -0.39 is 0 Å². The maximum absolute atomic E-state index is 13.1. The molecule has 0 radical (unpaired) electrons. The van der Waals surface area contributed by atoms with Gasteiger partial charge in [-0.3, -0.25) is 4.79 Å². The first-order valence-electron chi connectivity index (χ1n) is 9.85. The topological polar surface area (TPSA) is 35.5 Å². The third-order valence-electron chi connectivity index (χ3n) is 4.78. The van der Waals surface area contributed by atoms with E-state index in [0.717, 1.165) is 33.3 Å². The standard InChI is InChI=1S/C24H33O3P/c1-9-26-18(5)27-20-10-11-21(15(2)14-20)28-23(25)22-16(3)12-19(13-17(22)4)24(6,7)8/h10-14,18,28H,9H2,1-8H3. The highest BCUT2D eigenvalue weighted by Crippen LogP contribution is 2.31. The largest absolute Gasteiger partial charge is 0.465 e. The third kappa shape index (κ3) is 5.65. The lowest BCUT2D eigenvalue weighted by atomic mass is 9.84. The van der Waals surface area contributed by atoms with Crippen LogP contribution in [0.25, 0.3) is 0 Å². The highest BCUT2D eigenvalue weighted by molar-refractivity contribution is 7.66. The number of aryl methyl sites for hydroxylation is 3. The Labute approximate surface area is 171 Å². The summed E-state index contributed by atoms with van der Waals surface area (Å²) in [5.41, 5.74) is 5.57. The summed E-state index contributed by atoms with van der Waals surface area (Å²) >= 11 is 0. The van der Waals surface area contributed by atoms with Gasteiger partial charge in [-0.25, -0.2) is 0 Å². The Balaban J connectivity index is 2.21. The van der Waals surface area contributed by atoms with Gasteiger partial charge in [0.05, 0.1) is 0 Å². The number of ether oxygens (including phenoxy) is 2. The first-order valence-corrected chi connectivity index (χ1v) is 10.8. The van der Waals surface area contributed by atoms with Crippen LogP contribution in [0.3, 0.4) is 0 Å². The van der Waals surface area contributed by atoms with Gasteiger partial charge >= 0.3 is 0 Å². The van der Waals surface area contributed by atoms with Crippen LogP contribution in [0.2, 0.25) is 0 Å². The molecule has 0 N–H and O–H groups in total. The Bertz CT molecular complexity index is 826. The van der Waals surface area contributed by atoms with E-state index >= 15 is 0 Å². The van der Waals surface area contributed by atoms with Gasteiger partial charge in [0, 0.05) is 12.2 Å². The molecule has 0 aliphatic heterocycles. The van der Waals surface area contributed by atoms with Gasteiger partial charge in [0.2, 0.25) is 0 Å². The molecule has 4 heteroatoms. The Morgan fingerprint density at radius 2 is 1.64 bits per heavy atom. The van der Waals surface area contributed by atoms with Crippen LogP contribution in [0.4, 0.5) is 0 Å².